The van der Waals surface area contributed by atoms with Gasteiger partial charge in [-0.3, -0.25) is 0 Å². The lowest BCUT2D eigenvalue weighted by molar-refractivity contribution is 0.520. The molecule has 11 heavy (non-hydrogen) atoms. The molecular weight excluding hydrogens is 249 g/mol. The van der Waals surface area contributed by atoms with Gasteiger partial charge in [0.25, 0.3) is 0 Å². The average molecular weight is 255 g/mol. The minimum atomic E-state index is -1.31. The maximum Gasteiger partial charge on any atom is 0.171 e. The van der Waals surface area contributed by atoms with E-state index in [0.29, 0.717) is 18.2 Å². The van der Waals surface area contributed by atoms with Gasteiger partial charge in [0.05, 0.1) is 0 Å². The molecule has 5 heteroatoms. The summed E-state index contributed by atoms with van der Waals surface area (Å²) >= 11 is 29.2. The largest absolute Gasteiger partial charge is 0.171 e. The summed E-state index contributed by atoms with van der Waals surface area (Å²) in [5.74, 6) is 0. The van der Waals surface area contributed by atoms with Crippen molar-refractivity contribution in [1.29, 1.82) is 0 Å². The molecule has 65 valence electrons. The van der Waals surface area contributed by atoms with E-state index in [1.165, 1.54) is 0 Å². The van der Waals surface area contributed by atoms with Gasteiger partial charge >= 0.3 is 0 Å². The minimum Gasteiger partial charge on any atom is -0.114 e. The van der Waals surface area contributed by atoms with E-state index in [-0.39, 0.29) is 0 Å². The van der Waals surface area contributed by atoms with Crippen LogP contribution < -0.4 is 0 Å². The van der Waals surface area contributed by atoms with Gasteiger partial charge in [0, 0.05) is 0 Å². The van der Waals surface area contributed by atoms with Crippen LogP contribution in [0.5, 0.6) is 0 Å². The van der Waals surface area contributed by atoms with Crippen LogP contribution in [0.3, 0.4) is 0 Å². The molecule has 0 aromatic carbocycles. The normalized spacial score (nSPS) is 30.3. The highest BCUT2D eigenvalue weighted by Crippen LogP contribution is 2.57. The van der Waals surface area contributed by atoms with Gasteiger partial charge in [0.2, 0.25) is 0 Å². The summed E-state index contributed by atoms with van der Waals surface area (Å²) in [6.45, 7) is 0. The molecule has 1 radical (unpaired) electrons. The lowest BCUT2D eigenvalue weighted by Crippen LogP contribution is -2.43. The Labute approximate surface area is 91.1 Å². The van der Waals surface area contributed by atoms with E-state index in [0.717, 1.165) is 6.42 Å². The molecule has 0 unspecified atom stereocenters. The third kappa shape index (κ3) is 1.86. The lowest BCUT2D eigenvalue weighted by Gasteiger charge is -2.39. The zero-order chi connectivity index (χ0) is 8.70. The predicted molar refractivity (Wildman–Crippen MR) is 51.8 cm³/mol. The van der Waals surface area contributed by atoms with Crippen molar-refractivity contribution in [2.45, 2.75) is 27.9 Å². The van der Waals surface area contributed by atoms with Crippen LogP contribution in [0.25, 0.3) is 0 Å². The Morgan fingerprint density at radius 2 is 1.64 bits per heavy atom. The van der Waals surface area contributed by atoms with E-state index in [4.69, 9.17) is 58.0 Å². The highest BCUT2D eigenvalue weighted by Gasteiger charge is 2.54. The zero-order valence-corrected chi connectivity index (χ0v) is 9.29. The van der Waals surface area contributed by atoms with Crippen LogP contribution in [0.1, 0.15) is 19.3 Å². The number of alkyl halides is 4. The van der Waals surface area contributed by atoms with Gasteiger partial charge in [0.1, 0.15) is 5.38 Å². The van der Waals surface area contributed by atoms with Crippen LogP contribution in [0, 0.1) is 5.38 Å². The van der Waals surface area contributed by atoms with E-state index in [1.54, 1.807) is 0 Å². The third-order valence-electron chi connectivity index (χ3n) is 1.69. The van der Waals surface area contributed by atoms with Crippen molar-refractivity contribution in [2.24, 2.45) is 0 Å². The maximum absolute atomic E-state index is 5.85. The topological polar surface area (TPSA) is 0 Å². The molecule has 0 atom stereocenters. The fraction of sp³-hybridized carbons (Fsp3) is 0.833. The van der Waals surface area contributed by atoms with Crippen LogP contribution in [0.4, 0.5) is 0 Å². The molecule has 0 nitrogen and oxygen atoms in total. The summed E-state index contributed by atoms with van der Waals surface area (Å²) in [7, 11) is 0. The SMILES string of the molecule is Cl[C]1CCCC(Cl)(Cl)C1(Cl)Cl. The molecule has 0 aromatic rings. The molecule has 0 aliphatic heterocycles. The Bertz CT molecular complexity index is 153. The van der Waals surface area contributed by atoms with E-state index in [2.05, 4.69) is 0 Å². The molecule has 0 bridgehead atoms. The van der Waals surface area contributed by atoms with Crippen LogP contribution in [0.2, 0.25) is 0 Å². The van der Waals surface area contributed by atoms with Crippen LogP contribution >= 0.6 is 58.0 Å². The molecular formula is C6H6Cl5. The van der Waals surface area contributed by atoms with Crippen molar-refractivity contribution in [3.63, 3.8) is 0 Å². The highest BCUT2D eigenvalue weighted by atomic mass is 35.5. The van der Waals surface area contributed by atoms with Crippen molar-refractivity contribution in [2.75, 3.05) is 0 Å². The van der Waals surface area contributed by atoms with E-state index < -0.39 is 8.67 Å². The summed E-state index contributed by atoms with van der Waals surface area (Å²) in [6.07, 6.45) is 2.07. The average Bonchev–Trinajstić information content (AvgIpc) is 1.84. The second-order valence-corrected chi connectivity index (χ2v) is 5.80. The highest BCUT2D eigenvalue weighted by molar-refractivity contribution is 6.66. The molecule has 0 N–H and O–H groups in total. The maximum atomic E-state index is 5.85. The van der Waals surface area contributed by atoms with E-state index in [9.17, 15) is 0 Å². The first-order valence-corrected chi connectivity index (χ1v) is 5.04. The van der Waals surface area contributed by atoms with Crippen molar-refractivity contribution < 1.29 is 0 Å². The van der Waals surface area contributed by atoms with Crippen LogP contribution in [-0.2, 0) is 0 Å². The molecule has 1 aliphatic rings. The quantitative estimate of drug-likeness (QED) is 0.566. The number of halogens is 5. The lowest BCUT2D eigenvalue weighted by atomic mass is 9.98. The first-order valence-electron chi connectivity index (χ1n) is 3.15. The van der Waals surface area contributed by atoms with E-state index >= 15 is 0 Å². The van der Waals surface area contributed by atoms with Gasteiger partial charge in [-0.15, -0.1) is 11.6 Å². The molecule has 0 aromatic heterocycles. The number of hydrogen-bond donors (Lipinski definition) is 0. The fourth-order valence-electron chi connectivity index (χ4n) is 0.978. The Balaban J connectivity index is 2.82. The summed E-state index contributed by atoms with van der Waals surface area (Å²) < 4.78 is -2.46. The molecule has 0 saturated heterocycles. The van der Waals surface area contributed by atoms with Gasteiger partial charge in [0.15, 0.2) is 8.67 Å². The summed E-state index contributed by atoms with van der Waals surface area (Å²) in [5.41, 5.74) is 0. The monoisotopic (exact) mass is 253 g/mol. The van der Waals surface area contributed by atoms with Gasteiger partial charge in [-0.05, 0) is 19.3 Å². The summed E-state index contributed by atoms with van der Waals surface area (Å²) in [6, 6.07) is 0. The van der Waals surface area contributed by atoms with Gasteiger partial charge in [-0.25, -0.2) is 0 Å². The van der Waals surface area contributed by atoms with Crippen molar-refractivity contribution in [3.8, 4) is 0 Å². The predicted octanol–water partition coefficient (Wildman–Crippen LogP) is 4.29. The van der Waals surface area contributed by atoms with Gasteiger partial charge in [-0.1, -0.05) is 46.4 Å². The minimum absolute atomic E-state index is 0.428. The molecule has 0 heterocycles. The Morgan fingerprint density at radius 3 is 2.00 bits per heavy atom. The number of hydrogen-bond acceptors (Lipinski definition) is 0. The van der Waals surface area contributed by atoms with Gasteiger partial charge < -0.3 is 0 Å². The summed E-state index contributed by atoms with van der Waals surface area (Å²) in [5, 5.41) is 0.428. The second-order valence-electron chi connectivity index (χ2n) is 2.54. The van der Waals surface area contributed by atoms with Crippen molar-refractivity contribution in [3.05, 3.63) is 5.38 Å². The first kappa shape index (κ1) is 10.5. The molecule has 1 fully saturated rings. The second kappa shape index (κ2) is 3.31. The van der Waals surface area contributed by atoms with Crippen molar-refractivity contribution >= 4 is 58.0 Å². The molecule has 1 aliphatic carbocycles. The summed E-state index contributed by atoms with van der Waals surface area (Å²) in [4.78, 5) is 0. The fourth-order valence-corrected chi connectivity index (χ4v) is 2.24. The Kier molecular flexibility index (Phi) is 3.16. The molecule has 0 amide bonds. The standard InChI is InChI=1S/C6H6Cl5/c7-4-2-1-3-5(8,9)6(4,10)11/h1-3H2. The smallest absolute Gasteiger partial charge is 0.114 e. The number of rotatable bonds is 0. The third-order valence-corrected chi connectivity index (χ3v) is 4.79. The van der Waals surface area contributed by atoms with E-state index in [1.807, 2.05) is 0 Å². The van der Waals surface area contributed by atoms with Crippen molar-refractivity contribution in [1.82, 2.24) is 0 Å². The van der Waals surface area contributed by atoms with Crippen LogP contribution in [0.15, 0.2) is 0 Å². The molecule has 1 rings (SSSR count). The van der Waals surface area contributed by atoms with Crippen LogP contribution in [-0.4, -0.2) is 8.67 Å². The van der Waals surface area contributed by atoms with Gasteiger partial charge in [-0.2, -0.15) is 0 Å². The Hall–Kier alpha value is 1.45. The Morgan fingerprint density at radius 1 is 1.09 bits per heavy atom. The molecule has 1 saturated carbocycles. The molecule has 0 spiro atoms. The zero-order valence-electron chi connectivity index (χ0n) is 5.51. The first-order chi connectivity index (χ1) is 4.88.